The molecule has 0 aromatic carbocycles. The molecule has 0 aliphatic carbocycles. The van der Waals surface area contributed by atoms with E-state index in [2.05, 4.69) is 30.3 Å². The highest BCUT2D eigenvalue weighted by Crippen LogP contribution is 2.25. The van der Waals surface area contributed by atoms with Crippen LogP contribution in [0.4, 0.5) is 5.82 Å². The van der Waals surface area contributed by atoms with Crippen LogP contribution in [0, 0.1) is 13.8 Å². The molecule has 1 saturated heterocycles. The van der Waals surface area contributed by atoms with Gasteiger partial charge in [-0.1, -0.05) is 0 Å². The van der Waals surface area contributed by atoms with E-state index >= 15 is 0 Å². The quantitative estimate of drug-likeness (QED) is 0.777. The molecule has 0 unspecified atom stereocenters. The van der Waals surface area contributed by atoms with Crippen molar-refractivity contribution in [3.05, 3.63) is 23.4 Å². The van der Waals surface area contributed by atoms with Gasteiger partial charge in [0.25, 0.3) is 0 Å². The topological polar surface area (TPSA) is 91.1 Å². The molecule has 1 fully saturated rings. The first-order valence-electron chi connectivity index (χ1n) is 7.60. The van der Waals surface area contributed by atoms with E-state index in [1.54, 1.807) is 13.4 Å². The van der Waals surface area contributed by atoms with E-state index in [1.165, 1.54) is 4.80 Å². The van der Waals surface area contributed by atoms with Crippen molar-refractivity contribution in [3.63, 3.8) is 0 Å². The number of morpholine rings is 1. The predicted octanol–water partition coefficient (Wildman–Crippen LogP) is 0.304. The second kappa shape index (κ2) is 6.97. The molecule has 3 heterocycles. The van der Waals surface area contributed by atoms with Gasteiger partial charge in [0.1, 0.15) is 18.2 Å². The standard InChI is InChI=1S/C14H21N7O2/c1-10-11(2)15-9-16-14(10)20-4-7-23-12(8-20)13-17-19-21(18-13)5-6-22-3/h9,12H,4-8H2,1-3H3/t12-/m1/s1. The number of aromatic nitrogens is 6. The zero-order valence-corrected chi connectivity index (χ0v) is 13.6. The first-order chi connectivity index (χ1) is 11.2. The highest BCUT2D eigenvalue weighted by molar-refractivity contribution is 5.47. The average Bonchev–Trinajstić information content (AvgIpc) is 3.04. The minimum atomic E-state index is -0.213. The van der Waals surface area contributed by atoms with Gasteiger partial charge in [-0.25, -0.2) is 9.97 Å². The Hall–Kier alpha value is -2.13. The molecular formula is C14H21N7O2. The maximum absolute atomic E-state index is 5.81. The molecule has 23 heavy (non-hydrogen) atoms. The lowest BCUT2D eigenvalue weighted by Gasteiger charge is -2.33. The van der Waals surface area contributed by atoms with E-state index in [1.807, 2.05) is 13.8 Å². The minimum absolute atomic E-state index is 0.213. The van der Waals surface area contributed by atoms with Gasteiger partial charge in [-0.15, -0.1) is 10.2 Å². The van der Waals surface area contributed by atoms with Gasteiger partial charge in [0.05, 0.1) is 26.3 Å². The fourth-order valence-electron chi connectivity index (χ4n) is 2.49. The molecule has 1 atom stereocenters. The fraction of sp³-hybridized carbons (Fsp3) is 0.643. The summed E-state index contributed by atoms with van der Waals surface area (Å²) in [4.78, 5) is 12.4. The summed E-state index contributed by atoms with van der Waals surface area (Å²) in [6.07, 6.45) is 1.39. The Bertz CT molecular complexity index is 660. The van der Waals surface area contributed by atoms with Crippen LogP contribution in [0.2, 0.25) is 0 Å². The van der Waals surface area contributed by atoms with E-state index in [9.17, 15) is 0 Å². The number of anilines is 1. The molecule has 0 saturated carbocycles. The van der Waals surface area contributed by atoms with Crippen molar-refractivity contribution in [3.8, 4) is 0 Å². The number of aryl methyl sites for hydroxylation is 1. The van der Waals surface area contributed by atoms with Crippen LogP contribution >= 0.6 is 0 Å². The smallest absolute Gasteiger partial charge is 0.205 e. The Labute approximate surface area is 134 Å². The molecule has 0 N–H and O–H groups in total. The fourth-order valence-corrected chi connectivity index (χ4v) is 2.49. The number of hydrogen-bond donors (Lipinski definition) is 0. The molecule has 0 bridgehead atoms. The summed E-state index contributed by atoms with van der Waals surface area (Å²) in [6, 6.07) is 0. The third kappa shape index (κ3) is 3.45. The molecule has 9 heteroatoms. The van der Waals surface area contributed by atoms with Crippen LogP contribution in [0.3, 0.4) is 0 Å². The van der Waals surface area contributed by atoms with Crippen LogP contribution < -0.4 is 4.90 Å². The molecule has 1 aliphatic heterocycles. The maximum atomic E-state index is 5.81. The molecule has 0 radical (unpaired) electrons. The van der Waals surface area contributed by atoms with E-state index in [-0.39, 0.29) is 6.10 Å². The lowest BCUT2D eigenvalue weighted by Crippen LogP contribution is -2.39. The Kier molecular flexibility index (Phi) is 4.77. The zero-order valence-electron chi connectivity index (χ0n) is 13.6. The van der Waals surface area contributed by atoms with E-state index in [0.717, 1.165) is 23.6 Å². The van der Waals surface area contributed by atoms with Crippen molar-refractivity contribution in [2.24, 2.45) is 0 Å². The van der Waals surface area contributed by atoms with E-state index < -0.39 is 0 Å². The monoisotopic (exact) mass is 319 g/mol. The summed E-state index contributed by atoms with van der Waals surface area (Å²) in [6.45, 7) is 7.17. The molecular weight excluding hydrogens is 298 g/mol. The molecule has 0 spiro atoms. The molecule has 2 aromatic heterocycles. The van der Waals surface area contributed by atoms with Gasteiger partial charge >= 0.3 is 0 Å². The molecule has 124 valence electrons. The number of rotatable bonds is 5. The van der Waals surface area contributed by atoms with Crippen LogP contribution in [0.1, 0.15) is 23.2 Å². The lowest BCUT2D eigenvalue weighted by molar-refractivity contribution is 0.0334. The molecule has 2 aromatic rings. The molecule has 0 amide bonds. The summed E-state index contributed by atoms with van der Waals surface area (Å²) >= 11 is 0. The molecule has 9 nitrogen and oxygen atoms in total. The predicted molar refractivity (Wildman–Crippen MR) is 82.1 cm³/mol. The first kappa shape index (κ1) is 15.8. The van der Waals surface area contributed by atoms with Crippen LogP contribution in [-0.4, -0.2) is 63.6 Å². The lowest BCUT2D eigenvalue weighted by atomic mass is 10.2. The second-order valence-corrected chi connectivity index (χ2v) is 5.45. The highest BCUT2D eigenvalue weighted by atomic mass is 16.5. The maximum Gasteiger partial charge on any atom is 0.205 e. The van der Waals surface area contributed by atoms with Crippen LogP contribution in [0.25, 0.3) is 0 Å². The number of tetrazole rings is 1. The summed E-state index contributed by atoms with van der Waals surface area (Å²) in [5, 5.41) is 12.5. The Morgan fingerprint density at radius 3 is 3.04 bits per heavy atom. The Morgan fingerprint density at radius 1 is 1.35 bits per heavy atom. The number of methoxy groups -OCH3 is 1. The van der Waals surface area contributed by atoms with Gasteiger partial charge in [0, 0.05) is 24.9 Å². The second-order valence-electron chi connectivity index (χ2n) is 5.45. The van der Waals surface area contributed by atoms with E-state index in [4.69, 9.17) is 9.47 Å². The minimum Gasteiger partial charge on any atom is -0.383 e. The highest BCUT2D eigenvalue weighted by Gasteiger charge is 2.27. The van der Waals surface area contributed by atoms with Crippen molar-refractivity contribution >= 4 is 5.82 Å². The van der Waals surface area contributed by atoms with Gasteiger partial charge in [0.15, 0.2) is 0 Å². The first-order valence-corrected chi connectivity index (χ1v) is 7.60. The van der Waals surface area contributed by atoms with Gasteiger partial charge in [-0.2, -0.15) is 4.80 Å². The average molecular weight is 319 g/mol. The van der Waals surface area contributed by atoms with E-state index in [0.29, 0.717) is 32.1 Å². The normalized spacial score (nSPS) is 18.4. The summed E-state index contributed by atoms with van der Waals surface area (Å²) < 4.78 is 10.8. The van der Waals surface area contributed by atoms with Crippen LogP contribution in [0.15, 0.2) is 6.33 Å². The molecule has 3 rings (SSSR count). The Balaban J connectivity index is 1.73. The summed E-state index contributed by atoms with van der Waals surface area (Å²) in [5.41, 5.74) is 2.08. The third-order valence-electron chi connectivity index (χ3n) is 3.93. The molecule has 1 aliphatic rings. The van der Waals surface area contributed by atoms with Crippen molar-refractivity contribution in [2.75, 3.05) is 38.3 Å². The van der Waals surface area contributed by atoms with Crippen LogP contribution in [0.5, 0.6) is 0 Å². The van der Waals surface area contributed by atoms with Gasteiger partial charge in [0.2, 0.25) is 5.82 Å². The van der Waals surface area contributed by atoms with Crippen molar-refractivity contribution < 1.29 is 9.47 Å². The zero-order chi connectivity index (χ0) is 16.2. The number of ether oxygens (including phenoxy) is 2. The van der Waals surface area contributed by atoms with Crippen molar-refractivity contribution in [1.82, 2.24) is 30.2 Å². The summed E-state index contributed by atoms with van der Waals surface area (Å²) in [7, 11) is 1.64. The van der Waals surface area contributed by atoms with Crippen molar-refractivity contribution in [2.45, 2.75) is 26.5 Å². The van der Waals surface area contributed by atoms with Gasteiger partial charge in [-0.05, 0) is 19.1 Å². The Morgan fingerprint density at radius 2 is 2.22 bits per heavy atom. The van der Waals surface area contributed by atoms with Crippen molar-refractivity contribution in [1.29, 1.82) is 0 Å². The van der Waals surface area contributed by atoms with Gasteiger partial charge in [-0.3, -0.25) is 0 Å². The van der Waals surface area contributed by atoms with Crippen LogP contribution in [-0.2, 0) is 16.0 Å². The third-order valence-corrected chi connectivity index (χ3v) is 3.93. The number of hydrogen-bond acceptors (Lipinski definition) is 8. The summed E-state index contributed by atoms with van der Waals surface area (Å²) in [5.74, 6) is 1.53. The largest absolute Gasteiger partial charge is 0.383 e. The SMILES string of the molecule is COCCn1nnc([C@H]2CN(c3ncnc(C)c3C)CCO2)n1. The number of nitrogens with zero attached hydrogens (tertiary/aromatic N) is 7. The van der Waals surface area contributed by atoms with Gasteiger partial charge < -0.3 is 14.4 Å².